The number of ketones is 1. The lowest BCUT2D eigenvalue weighted by molar-refractivity contribution is -0.156. The van der Waals surface area contributed by atoms with Gasteiger partial charge < -0.3 is 9.84 Å². The van der Waals surface area contributed by atoms with Crippen molar-refractivity contribution in [2.45, 2.75) is 45.6 Å². The van der Waals surface area contributed by atoms with E-state index in [1.54, 1.807) is 20.8 Å². The molecule has 0 aromatic carbocycles. The fraction of sp³-hybridized carbons (Fsp3) is 0.700. The highest BCUT2D eigenvalue weighted by atomic mass is 16.6. The normalized spacial score (nSPS) is 10.9. The van der Waals surface area contributed by atoms with E-state index in [0.717, 1.165) is 0 Å². The average molecular weight is 216 g/mol. The Bertz CT molecular complexity index is 261. The monoisotopic (exact) mass is 216 g/mol. The van der Waals surface area contributed by atoms with E-state index < -0.39 is 23.3 Å². The second kappa shape index (κ2) is 5.48. The van der Waals surface area contributed by atoms with Gasteiger partial charge in [0.15, 0.2) is 0 Å². The summed E-state index contributed by atoms with van der Waals surface area (Å²) < 4.78 is 4.91. The van der Waals surface area contributed by atoms with E-state index in [0.29, 0.717) is 0 Å². The number of carbonyl (C=O) groups is 3. The van der Waals surface area contributed by atoms with Crippen LogP contribution in [0.1, 0.15) is 40.0 Å². The zero-order valence-corrected chi connectivity index (χ0v) is 9.20. The number of rotatable bonds is 5. The molecule has 15 heavy (non-hydrogen) atoms. The van der Waals surface area contributed by atoms with Crippen molar-refractivity contribution < 1.29 is 24.2 Å². The number of carboxylic acid groups (broad SMARTS) is 1. The summed E-state index contributed by atoms with van der Waals surface area (Å²) in [7, 11) is 0. The second-order valence-corrected chi connectivity index (χ2v) is 4.20. The Hall–Kier alpha value is -1.39. The smallest absolute Gasteiger partial charge is 0.313 e. The number of carboxylic acids is 1. The topological polar surface area (TPSA) is 80.7 Å². The van der Waals surface area contributed by atoms with Crippen LogP contribution >= 0.6 is 0 Å². The Morgan fingerprint density at radius 1 is 1.13 bits per heavy atom. The average Bonchev–Trinajstić information content (AvgIpc) is 1.96. The summed E-state index contributed by atoms with van der Waals surface area (Å²) in [6.07, 6.45) is -0.735. The molecule has 5 nitrogen and oxygen atoms in total. The van der Waals surface area contributed by atoms with Crippen molar-refractivity contribution in [1.82, 2.24) is 0 Å². The Kier molecular flexibility index (Phi) is 4.97. The fourth-order valence-electron chi connectivity index (χ4n) is 0.873. The van der Waals surface area contributed by atoms with Gasteiger partial charge in [0.1, 0.15) is 17.8 Å². The second-order valence-electron chi connectivity index (χ2n) is 4.20. The quantitative estimate of drug-likeness (QED) is 0.550. The van der Waals surface area contributed by atoms with Crippen molar-refractivity contribution in [3.63, 3.8) is 0 Å². The maximum Gasteiger partial charge on any atom is 0.313 e. The predicted octanol–water partition coefficient (Wildman–Crippen LogP) is 1.15. The number of hydrogen-bond donors (Lipinski definition) is 1. The van der Waals surface area contributed by atoms with Gasteiger partial charge in [0.25, 0.3) is 0 Å². The highest BCUT2D eigenvalue weighted by Crippen LogP contribution is 2.09. The summed E-state index contributed by atoms with van der Waals surface area (Å²) in [5.74, 6) is -2.07. The largest absolute Gasteiger partial charge is 0.481 e. The zero-order chi connectivity index (χ0) is 12.1. The first kappa shape index (κ1) is 13.6. The Morgan fingerprint density at radius 3 is 2.07 bits per heavy atom. The van der Waals surface area contributed by atoms with Crippen molar-refractivity contribution in [3.8, 4) is 0 Å². The van der Waals surface area contributed by atoms with Crippen LogP contribution in [0.2, 0.25) is 0 Å². The van der Waals surface area contributed by atoms with Crippen LogP contribution in [0.5, 0.6) is 0 Å². The van der Waals surface area contributed by atoms with Gasteiger partial charge in [-0.25, -0.2) is 0 Å². The maximum atomic E-state index is 11.1. The van der Waals surface area contributed by atoms with Gasteiger partial charge in [0.05, 0.1) is 6.42 Å². The van der Waals surface area contributed by atoms with E-state index in [4.69, 9.17) is 9.84 Å². The van der Waals surface area contributed by atoms with E-state index in [1.807, 2.05) is 0 Å². The number of ether oxygens (including phenoxy) is 1. The van der Waals surface area contributed by atoms with E-state index in [9.17, 15) is 14.4 Å². The van der Waals surface area contributed by atoms with Crippen molar-refractivity contribution in [2.75, 3.05) is 0 Å². The van der Waals surface area contributed by atoms with Crippen LogP contribution in [0.25, 0.3) is 0 Å². The molecule has 86 valence electrons. The third kappa shape index (κ3) is 8.93. The van der Waals surface area contributed by atoms with Gasteiger partial charge in [-0.1, -0.05) is 0 Å². The molecule has 1 N–H and O–H groups in total. The van der Waals surface area contributed by atoms with Crippen LogP contribution in [0.15, 0.2) is 0 Å². The molecule has 0 aliphatic heterocycles. The third-order valence-electron chi connectivity index (χ3n) is 1.38. The lowest BCUT2D eigenvalue weighted by atomic mass is 10.1. The molecule has 0 saturated heterocycles. The highest BCUT2D eigenvalue weighted by Gasteiger charge is 2.18. The van der Waals surface area contributed by atoms with E-state index in [-0.39, 0.29) is 19.3 Å². The minimum Gasteiger partial charge on any atom is -0.481 e. The number of esters is 1. The first-order valence-electron chi connectivity index (χ1n) is 4.66. The highest BCUT2D eigenvalue weighted by molar-refractivity contribution is 5.96. The van der Waals surface area contributed by atoms with E-state index in [1.165, 1.54) is 0 Å². The molecule has 0 aliphatic rings. The zero-order valence-electron chi connectivity index (χ0n) is 9.20. The molecule has 0 bridgehead atoms. The van der Waals surface area contributed by atoms with Crippen molar-refractivity contribution in [2.24, 2.45) is 0 Å². The van der Waals surface area contributed by atoms with Crippen molar-refractivity contribution in [1.29, 1.82) is 0 Å². The van der Waals surface area contributed by atoms with Crippen LogP contribution in [0.4, 0.5) is 0 Å². The molecule has 0 rings (SSSR count). The Morgan fingerprint density at radius 2 is 1.67 bits per heavy atom. The fourth-order valence-corrected chi connectivity index (χ4v) is 0.873. The number of Topliss-reactive ketones (excluding diaryl/α,β-unsaturated/α-hetero) is 1. The molecule has 0 spiro atoms. The standard InChI is InChI=1S/C10H16O5/c1-10(2,3)15-9(14)6-7(11)4-5-8(12)13/h4-6H2,1-3H3,(H,12,13). The molecule has 0 heterocycles. The van der Waals surface area contributed by atoms with Crippen LogP contribution in [-0.4, -0.2) is 28.4 Å². The van der Waals surface area contributed by atoms with Crippen LogP contribution < -0.4 is 0 Å². The van der Waals surface area contributed by atoms with Crippen molar-refractivity contribution in [3.05, 3.63) is 0 Å². The summed E-state index contributed by atoms with van der Waals surface area (Å²) >= 11 is 0. The molecule has 0 atom stereocenters. The maximum absolute atomic E-state index is 11.1. The van der Waals surface area contributed by atoms with Crippen LogP contribution in [0, 0.1) is 0 Å². The molecule has 0 radical (unpaired) electrons. The van der Waals surface area contributed by atoms with Crippen LogP contribution in [-0.2, 0) is 19.1 Å². The molecule has 0 amide bonds. The first-order chi connectivity index (χ1) is 6.70. The number of carbonyl (C=O) groups excluding carboxylic acids is 2. The molecule has 0 aliphatic carbocycles. The minimum absolute atomic E-state index is 0.130. The summed E-state index contributed by atoms with van der Waals surface area (Å²) in [5.41, 5.74) is -0.621. The minimum atomic E-state index is -1.05. The Labute approximate surface area is 88.4 Å². The van der Waals surface area contributed by atoms with Gasteiger partial charge in [0, 0.05) is 6.42 Å². The summed E-state index contributed by atoms with van der Waals surface area (Å²) in [6.45, 7) is 5.10. The molecule has 0 saturated carbocycles. The van der Waals surface area contributed by atoms with Gasteiger partial charge in [0.2, 0.25) is 0 Å². The number of aliphatic carboxylic acids is 1. The molecule has 5 heteroatoms. The van der Waals surface area contributed by atoms with E-state index in [2.05, 4.69) is 0 Å². The molecule has 0 aromatic rings. The molecular weight excluding hydrogens is 200 g/mol. The van der Waals surface area contributed by atoms with Gasteiger partial charge >= 0.3 is 11.9 Å². The van der Waals surface area contributed by atoms with Crippen LogP contribution in [0.3, 0.4) is 0 Å². The first-order valence-corrected chi connectivity index (χ1v) is 4.66. The lowest BCUT2D eigenvalue weighted by Gasteiger charge is -2.19. The molecular formula is C10H16O5. The van der Waals surface area contributed by atoms with Gasteiger partial charge in [-0.2, -0.15) is 0 Å². The van der Waals surface area contributed by atoms with E-state index >= 15 is 0 Å². The third-order valence-corrected chi connectivity index (χ3v) is 1.38. The summed E-state index contributed by atoms with van der Waals surface area (Å²) in [6, 6.07) is 0. The van der Waals surface area contributed by atoms with Gasteiger partial charge in [-0.05, 0) is 20.8 Å². The predicted molar refractivity (Wildman–Crippen MR) is 52.3 cm³/mol. The molecule has 0 unspecified atom stereocenters. The summed E-state index contributed by atoms with van der Waals surface area (Å²) in [4.78, 5) is 32.4. The molecule has 0 fully saturated rings. The van der Waals surface area contributed by atoms with Crippen molar-refractivity contribution >= 4 is 17.7 Å². The number of hydrogen-bond acceptors (Lipinski definition) is 4. The van der Waals surface area contributed by atoms with Gasteiger partial charge in [-0.15, -0.1) is 0 Å². The lowest BCUT2D eigenvalue weighted by Crippen LogP contribution is -2.25. The van der Waals surface area contributed by atoms with Gasteiger partial charge in [-0.3, -0.25) is 14.4 Å². The summed E-state index contributed by atoms with van der Waals surface area (Å²) in [5, 5.41) is 8.31. The SMILES string of the molecule is CC(C)(C)OC(=O)CC(=O)CCC(=O)O. The molecule has 0 aromatic heterocycles. The Balaban J connectivity index is 3.87.